The third kappa shape index (κ3) is 2.71. The molecule has 3 N–H and O–H groups in total. The second kappa shape index (κ2) is 5.32. The molecule has 0 unspecified atom stereocenters. The standard InChI is InChI=1S/C13H15ClN4O/c1-8-9(7-17-18(8)2)6-16-13(19)10-4-3-5-11(15)12(10)14/h3-5,7H,6,15H2,1-2H3,(H,16,19). The quantitative estimate of drug-likeness (QED) is 0.842. The topological polar surface area (TPSA) is 72.9 Å². The van der Waals surface area contributed by atoms with Crippen molar-refractivity contribution in [1.82, 2.24) is 15.1 Å². The number of hydrogen-bond donors (Lipinski definition) is 2. The van der Waals surface area contributed by atoms with Gasteiger partial charge < -0.3 is 11.1 Å². The summed E-state index contributed by atoms with van der Waals surface area (Å²) in [6.07, 6.45) is 1.73. The fraction of sp³-hybridized carbons (Fsp3) is 0.231. The van der Waals surface area contributed by atoms with Gasteiger partial charge in [0, 0.05) is 24.8 Å². The van der Waals surface area contributed by atoms with E-state index in [1.165, 1.54) is 0 Å². The van der Waals surface area contributed by atoms with Gasteiger partial charge >= 0.3 is 0 Å². The zero-order valence-electron chi connectivity index (χ0n) is 10.8. The van der Waals surface area contributed by atoms with Gasteiger partial charge in [0.25, 0.3) is 5.91 Å². The van der Waals surface area contributed by atoms with Crippen LogP contribution in [0.15, 0.2) is 24.4 Å². The number of hydrogen-bond acceptors (Lipinski definition) is 3. The molecule has 1 heterocycles. The number of nitrogens with two attached hydrogens (primary N) is 1. The molecule has 6 heteroatoms. The minimum Gasteiger partial charge on any atom is -0.398 e. The summed E-state index contributed by atoms with van der Waals surface area (Å²) in [4.78, 5) is 12.0. The van der Waals surface area contributed by atoms with Gasteiger partial charge in [-0.15, -0.1) is 0 Å². The summed E-state index contributed by atoms with van der Waals surface area (Å²) in [6, 6.07) is 5.00. The molecular formula is C13H15ClN4O. The van der Waals surface area contributed by atoms with E-state index in [1.807, 2.05) is 14.0 Å². The van der Waals surface area contributed by atoms with Crippen molar-refractivity contribution in [3.05, 3.63) is 46.2 Å². The molecule has 0 radical (unpaired) electrons. The smallest absolute Gasteiger partial charge is 0.253 e. The minimum atomic E-state index is -0.249. The van der Waals surface area contributed by atoms with Crippen molar-refractivity contribution >= 4 is 23.2 Å². The molecule has 1 amide bonds. The Labute approximate surface area is 116 Å². The SMILES string of the molecule is Cc1c(CNC(=O)c2cccc(N)c2Cl)cnn1C. The molecule has 0 aliphatic rings. The number of nitrogen functional groups attached to an aromatic ring is 1. The number of carbonyl (C=O) groups is 1. The normalized spacial score (nSPS) is 10.5. The predicted octanol–water partition coefficient (Wildman–Crippen LogP) is 1.89. The van der Waals surface area contributed by atoms with Crippen LogP contribution in [0.25, 0.3) is 0 Å². The molecule has 100 valence electrons. The van der Waals surface area contributed by atoms with Crippen LogP contribution in [-0.2, 0) is 13.6 Å². The second-order valence-electron chi connectivity index (χ2n) is 4.27. The van der Waals surface area contributed by atoms with E-state index in [0.29, 0.717) is 17.8 Å². The zero-order chi connectivity index (χ0) is 14.0. The number of nitrogens with zero attached hydrogens (tertiary/aromatic N) is 2. The van der Waals surface area contributed by atoms with Gasteiger partial charge in [-0.2, -0.15) is 5.10 Å². The van der Waals surface area contributed by atoms with Gasteiger partial charge in [0.2, 0.25) is 0 Å². The van der Waals surface area contributed by atoms with Crippen LogP contribution >= 0.6 is 11.6 Å². The molecule has 0 saturated heterocycles. The Balaban J connectivity index is 2.10. The molecule has 0 saturated carbocycles. The lowest BCUT2D eigenvalue weighted by molar-refractivity contribution is 0.0951. The van der Waals surface area contributed by atoms with Crippen LogP contribution in [-0.4, -0.2) is 15.7 Å². The van der Waals surface area contributed by atoms with Gasteiger partial charge in [-0.1, -0.05) is 17.7 Å². The number of amides is 1. The van der Waals surface area contributed by atoms with Gasteiger partial charge in [-0.25, -0.2) is 0 Å². The van der Waals surface area contributed by atoms with Gasteiger partial charge in [0.1, 0.15) is 0 Å². The maximum atomic E-state index is 12.0. The lowest BCUT2D eigenvalue weighted by atomic mass is 10.2. The highest BCUT2D eigenvalue weighted by atomic mass is 35.5. The molecule has 0 bridgehead atoms. The van der Waals surface area contributed by atoms with E-state index in [2.05, 4.69) is 10.4 Å². The number of nitrogens with one attached hydrogen (secondary N) is 1. The van der Waals surface area contributed by atoms with Crippen molar-refractivity contribution in [2.75, 3.05) is 5.73 Å². The first-order valence-corrected chi connectivity index (χ1v) is 6.18. The van der Waals surface area contributed by atoms with Crippen molar-refractivity contribution in [3.8, 4) is 0 Å². The van der Waals surface area contributed by atoms with Gasteiger partial charge in [-0.05, 0) is 19.1 Å². The Bertz CT molecular complexity index is 621. The lowest BCUT2D eigenvalue weighted by Crippen LogP contribution is -2.23. The summed E-state index contributed by atoms with van der Waals surface area (Å²) in [5.41, 5.74) is 8.42. The summed E-state index contributed by atoms with van der Waals surface area (Å²) >= 11 is 6.00. The summed E-state index contributed by atoms with van der Waals surface area (Å²) in [7, 11) is 1.86. The fourth-order valence-electron chi connectivity index (χ4n) is 1.71. The van der Waals surface area contributed by atoms with Crippen molar-refractivity contribution in [2.24, 2.45) is 7.05 Å². The van der Waals surface area contributed by atoms with Crippen molar-refractivity contribution in [1.29, 1.82) is 0 Å². The van der Waals surface area contributed by atoms with Gasteiger partial charge in [0.15, 0.2) is 0 Å². The largest absolute Gasteiger partial charge is 0.398 e. The first kappa shape index (κ1) is 13.4. The number of aryl methyl sites for hydroxylation is 1. The summed E-state index contributed by atoms with van der Waals surface area (Å²) in [6.45, 7) is 2.35. The number of halogens is 1. The molecule has 5 nitrogen and oxygen atoms in total. The zero-order valence-corrected chi connectivity index (χ0v) is 11.5. The number of aromatic nitrogens is 2. The van der Waals surface area contributed by atoms with Crippen LogP contribution in [0.5, 0.6) is 0 Å². The molecule has 2 rings (SSSR count). The molecule has 0 fully saturated rings. The molecule has 19 heavy (non-hydrogen) atoms. The van der Waals surface area contributed by atoms with E-state index < -0.39 is 0 Å². The van der Waals surface area contributed by atoms with Crippen molar-refractivity contribution < 1.29 is 4.79 Å². The molecule has 0 aliphatic carbocycles. The molecule has 0 aliphatic heterocycles. The highest BCUT2D eigenvalue weighted by molar-refractivity contribution is 6.36. The monoisotopic (exact) mass is 278 g/mol. The molecular weight excluding hydrogens is 264 g/mol. The van der Waals surface area contributed by atoms with Crippen LogP contribution in [0.2, 0.25) is 5.02 Å². The van der Waals surface area contributed by atoms with Gasteiger partial charge in [0.05, 0.1) is 22.5 Å². The predicted molar refractivity (Wildman–Crippen MR) is 75.0 cm³/mol. The van der Waals surface area contributed by atoms with Crippen LogP contribution in [0.3, 0.4) is 0 Å². The molecule has 0 spiro atoms. The molecule has 2 aromatic rings. The highest BCUT2D eigenvalue weighted by Crippen LogP contribution is 2.22. The van der Waals surface area contributed by atoms with Crippen LogP contribution in [0.1, 0.15) is 21.6 Å². The molecule has 1 aromatic carbocycles. The average Bonchev–Trinajstić information content (AvgIpc) is 2.70. The number of benzene rings is 1. The first-order valence-electron chi connectivity index (χ1n) is 5.80. The van der Waals surface area contributed by atoms with Crippen LogP contribution in [0.4, 0.5) is 5.69 Å². The van der Waals surface area contributed by atoms with E-state index >= 15 is 0 Å². The Morgan fingerprint density at radius 1 is 1.53 bits per heavy atom. The maximum absolute atomic E-state index is 12.0. The van der Waals surface area contributed by atoms with Crippen LogP contribution < -0.4 is 11.1 Å². The first-order chi connectivity index (χ1) is 9.00. The summed E-state index contributed by atoms with van der Waals surface area (Å²) in [5.74, 6) is -0.249. The van der Waals surface area contributed by atoms with Crippen molar-refractivity contribution in [2.45, 2.75) is 13.5 Å². The van der Waals surface area contributed by atoms with E-state index in [4.69, 9.17) is 17.3 Å². The van der Waals surface area contributed by atoms with Gasteiger partial charge in [-0.3, -0.25) is 9.48 Å². The third-order valence-corrected chi connectivity index (χ3v) is 3.47. The maximum Gasteiger partial charge on any atom is 0.253 e. The fourth-order valence-corrected chi connectivity index (χ4v) is 1.93. The Kier molecular flexibility index (Phi) is 3.76. The number of carbonyl (C=O) groups excluding carboxylic acids is 1. The summed E-state index contributed by atoms with van der Waals surface area (Å²) < 4.78 is 1.76. The Morgan fingerprint density at radius 3 is 2.89 bits per heavy atom. The number of anilines is 1. The Hall–Kier alpha value is -2.01. The summed E-state index contributed by atoms with van der Waals surface area (Å²) in [5, 5.41) is 7.20. The average molecular weight is 279 g/mol. The third-order valence-electron chi connectivity index (χ3n) is 3.05. The Morgan fingerprint density at radius 2 is 2.26 bits per heavy atom. The number of rotatable bonds is 3. The van der Waals surface area contributed by atoms with E-state index in [9.17, 15) is 4.79 Å². The van der Waals surface area contributed by atoms with E-state index in [-0.39, 0.29) is 10.9 Å². The second-order valence-corrected chi connectivity index (χ2v) is 4.65. The van der Waals surface area contributed by atoms with E-state index in [1.54, 1.807) is 29.1 Å². The highest BCUT2D eigenvalue weighted by Gasteiger charge is 2.12. The minimum absolute atomic E-state index is 0.249. The molecule has 1 aromatic heterocycles. The van der Waals surface area contributed by atoms with E-state index in [0.717, 1.165) is 11.3 Å². The lowest BCUT2D eigenvalue weighted by Gasteiger charge is -2.08. The van der Waals surface area contributed by atoms with Crippen LogP contribution in [0, 0.1) is 6.92 Å². The van der Waals surface area contributed by atoms with Crippen molar-refractivity contribution in [3.63, 3.8) is 0 Å². The molecule has 0 atom stereocenters.